The Morgan fingerprint density at radius 1 is 1.15 bits per heavy atom. The summed E-state index contributed by atoms with van der Waals surface area (Å²) >= 11 is 0. The Morgan fingerprint density at radius 3 is 2.69 bits per heavy atom. The van der Waals surface area contributed by atoms with Gasteiger partial charge in [-0.2, -0.15) is 0 Å². The van der Waals surface area contributed by atoms with Gasteiger partial charge in [-0.3, -0.25) is 14.4 Å². The normalized spacial score (nSPS) is 20.2. The number of Topliss-reactive ketones (excluding diaryl/α,β-unsaturated/α-hetero) is 1. The summed E-state index contributed by atoms with van der Waals surface area (Å²) in [6, 6.07) is 7.80. The van der Waals surface area contributed by atoms with Crippen molar-refractivity contribution in [2.24, 2.45) is 5.92 Å². The highest BCUT2D eigenvalue weighted by Gasteiger charge is 2.34. The van der Waals surface area contributed by atoms with Gasteiger partial charge in [0.2, 0.25) is 5.91 Å². The van der Waals surface area contributed by atoms with Crippen LogP contribution in [0, 0.1) is 12.8 Å². The highest BCUT2D eigenvalue weighted by Crippen LogP contribution is 2.25. The van der Waals surface area contributed by atoms with Crippen LogP contribution in [0.5, 0.6) is 0 Å². The molecule has 1 aromatic heterocycles. The number of carbonyl (C=O) groups is 3. The van der Waals surface area contributed by atoms with Crippen LogP contribution in [0.1, 0.15) is 41.7 Å². The van der Waals surface area contributed by atoms with Crippen LogP contribution in [-0.2, 0) is 9.59 Å². The Bertz CT molecular complexity index is 882. The number of H-pyrrole nitrogens is 1. The minimum atomic E-state index is -0.512. The Labute approximate surface area is 151 Å². The number of hydrogen-bond acceptors (Lipinski definition) is 3. The molecule has 0 unspecified atom stereocenters. The molecule has 2 fully saturated rings. The third kappa shape index (κ3) is 3.11. The first-order chi connectivity index (χ1) is 12.5. The van der Waals surface area contributed by atoms with Gasteiger partial charge in [0.05, 0.1) is 11.5 Å². The van der Waals surface area contributed by atoms with Crippen molar-refractivity contribution >= 4 is 28.5 Å². The predicted molar refractivity (Wildman–Crippen MR) is 97.8 cm³/mol. The topological polar surface area (TPSA) is 82.3 Å². The fourth-order valence-corrected chi connectivity index (χ4v) is 3.74. The van der Waals surface area contributed by atoms with Crippen molar-refractivity contribution < 1.29 is 14.4 Å². The predicted octanol–water partition coefficient (Wildman–Crippen LogP) is 2.18. The molecular formula is C20H23N3O3. The fourth-order valence-electron chi connectivity index (χ4n) is 3.74. The maximum Gasteiger partial charge on any atom is 0.295 e. The average molecular weight is 353 g/mol. The molecule has 2 aromatic rings. The van der Waals surface area contributed by atoms with Crippen molar-refractivity contribution in [3.63, 3.8) is 0 Å². The zero-order chi connectivity index (χ0) is 18.3. The summed E-state index contributed by atoms with van der Waals surface area (Å²) in [5, 5.41) is 3.77. The largest absolute Gasteiger partial charge is 0.358 e. The van der Waals surface area contributed by atoms with E-state index in [0.717, 1.165) is 36.6 Å². The van der Waals surface area contributed by atoms with E-state index in [1.807, 2.05) is 31.2 Å². The van der Waals surface area contributed by atoms with Gasteiger partial charge in [0.1, 0.15) is 0 Å². The summed E-state index contributed by atoms with van der Waals surface area (Å²) in [5.74, 6) is -1.21. The lowest BCUT2D eigenvalue weighted by molar-refractivity contribution is -0.132. The maximum atomic E-state index is 12.9. The van der Waals surface area contributed by atoms with Crippen molar-refractivity contribution in [1.82, 2.24) is 15.2 Å². The number of rotatable bonds is 4. The van der Waals surface area contributed by atoms with Gasteiger partial charge in [-0.15, -0.1) is 0 Å². The van der Waals surface area contributed by atoms with Gasteiger partial charge in [-0.25, -0.2) is 0 Å². The van der Waals surface area contributed by atoms with E-state index in [0.29, 0.717) is 30.4 Å². The van der Waals surface area contributed by atoms with Crippen molar-refractivity contribution in [2.45, 2.75) is 38.6 Å². The van der Waals surface area contributed by atoms with Crippen LogP contribution in [0.25, 0.3) is 10.9 Å². The number of amides is 2. The number of ketones is 1. The van der Waals surface area contributed by atoms with Crippen LogP contribution in [0.3, 0.4) is 0 Å². The van der Waals surface area contributed by atoms with Crippen LogP contribution >= 0.6 is 0 Å². The van der Waals surface area contributed by atoms with Crippen LogP contribution in [-0.4, -0.2) is 46.6 Å². The minimum Gasteiger partial charge on any atom is -0.358 e. The van der Waals surface area contributed by atoms with E-state index >= 15 is 0 Å². The molecule has 136 valence electrons. The smallest absolute Gasteiger partial charge is 0.295 e. The first-order valence-electron chi connectivity index (χ1n) is 9.26. The number of fused-ring (bicyclic) bond motifs is 1. The summed E-state index contributed by atoms with van der Waals surface area (Å²) in [7, 11) is 0. The lowest BCUT2D eigenvalue weighted by Crippen LogP contribution is -2.47. The van der Waals surface area contributed by atoms with Gasteiger partial charge in [0.25, 0.3) is 11.7 Å². The number of carbonyl (C=O) groups excluding carboxylic acids is 3. The summed E-state index contributed by atoms with van der Waals surface area (Å²) < 4.78 is 0. The zero-order valence-corrected chi connectivity index (χ0v) is 14.9. The molecule has 0 bridgehead atoms. The van der Waals surface area contributed by atoms with Gasteiger partial charge in [-0.05, 0) is 38.7 Å². The Morgan fingerprint density at radius 2 is 1.92 bits per heavy atom. The second kappa shape index (κ2) is 6.59. The van der Waals surface area contributed by atoms with Crippen LogP contribution in [0.4, 0.5) is 0 Å². The maximum absolute atomic E-state index is 12.9. The zero-order valence-electron chi connectivity index (χ0n) is 14.9. The third-order valence-electron chi connectivity index (χ3n) is 5.32. The molecule has 6 heteroatoms. The second-order valence-corrected chi connectivity index (χ2v) is 7.37. The number of aromatic amines is 1. The van der Waals surface area contributed by atoms with Crippen molar-refractivity contribution in [3.05, 3.63) is 35.5 Å². The molecule has 0 radical (unpaired) electrons. The van der Waals surface area contributed by atoms with E-state index in [1.54, 1.807) is 4.90 Å². The molecule has 6 nitrogen and oxygen atoms in total. The molecule has 1 aromatic carbocycles. The Hall–Kier alpha value is -2.63. The number of nitrogens with zero attached hydrogens (tertiary/aromatic N) is 1. The van der Waals surface area contributed by atoms with Gasteiger partial charge in [0.15, 0.2) is 0 Å². The van der Waals surface area contributed by atoms with Crippen LogP contribution in [0.15, 0.2) is 24.3 Å². The lowest BCUT2D eigenvalue weighted by Gasteiger charge is -2.31. The van der Waals surface area contributed by atoms with E-state index < -0.39 is 11.7 Å². The monoisotopic (exact) mass is 353 g/mol. The molecular weight excluding hydrogens is 330 g/mol. The molecule has 1 aliphatic heterocycles. The van der Waals surface area contributed by atoms with E-state index in [2.05, 4.69) is 10.3 Å². The van der Waals surface area contributed by atoms with Crippen LogP contribution in [0.2, 0.25) is 0 Å². The first kappa shape index (κ1) is 16.8. The summed E-state index contributed by atoms with van der Waals surface area (Å²) in [6.45, 7) is 2.66. The molecule has 2 aliphatic rings. The lowest BCUT2D eigenvalue weighted by atomic mass is 9.96. The summed E-state index contributed by atoms with van der Waals surface area (Å²) in [4.78, 5) is 42.7. The van der Waals surface area contributed by atoms with Crippen molar-refractivity contribution in [1.29, 1.82) is 0 Å². The standard InChI is InChI=1S/C20H23N3O3/c1-12-17(15-6-2-3-7-16(15)21-12)18(24)20(26)23-10-4-5-13(11-23)19(25)22-14-8-9-14/h2-3,6-7,13-14,21H,4-5,8-11H2,1H3,(H,22,25)/t13-/m1/s1. The molecule has 1 aliphatic carbocycles. The molecule has 4 rings (SSSR count). The highest BCUT2D eigenvalue weighted by atomic mass is 16.2. The van der Waals surface area contributed by atoms with E-state index in [4.69, 9.17) is 0 Å². The number of hydrogen-bond donors (Lipinski definition) is 2. The molecule has 0 spiro atoms. The number of nitrogens with one attached hydrogen (secondary N) is 2. The van der Waals surface area contributed by atoms with Gasteiger partial charge in [0, 0.05) is 35.7 Å². The van der Waals surface area contributed by atoms with Gasteiger partial charge in [-0.1, -0.05) is 18.2 Å². The van der Waals surface area contributed by atoms with E-state index in [-0.39, 0.29) is 11.8 Å². The summed E-state index contributed by atoms with van der Waals surface area (Å²) in [5.41, 5.74) is 1.99. The molecule has 1 atom stereocenters. The van der Waals surface area contributed by atoms with E-state index in [9.17, 15) is 14.4 Å². The van der Waals surface area contributed by atoms with Crippen molar-refractivity contribution in [2.75, 3.05) is 13.1 Å². The fraction of sp³-hybridized carbons (Fsp3) is 0.450. The minimum absolute atomic E-state index is 0.0146. The highest BCUT2D eigenvalue weighted by molar-refractivity contribution is 6.45. The quantitative estimate of drug-likeness (QED) is 0.653. The number of benzene rings is 1. The summed E-state index contributed by atoms with van der Waals surface area (Å²) in [6.07, 6.45) is 3.59. The van der Waals surface area contributed by atoms with Gasteiger partial charge >= 0.3 is 0 Å². The van der Waals surface area contributed by atoms with Gasteiger partial charge < -0.3 is 15.2 Å². The number of likely N-dealkylation sites (tertiary alicyclic amines) is 1. The van der Waals surface area contributed by atoms with Crippen molar-refractivity contribution in [3.8, 4) is 0 Å². The molecule has 2 amide bonds. The molecule has 1 saturated heterocycles. The molecule has 2 N–H and O–H groups in total. The average Bonchev–Trinajstić information content (AvgIpc) is 3.40. The first-order valence-corrected chi connectivity index (χ1v) is 9.26. The molecule has 1 saturated carbocycles. The Kier molecular flexibility index (Phi) is 4.26. The number of para-hydroxylation sites is 1. The van der Waals surface area contributed by atoms with E-state index in [1.165, 1.54) is 0 Å². The second-order valence-electron chi connectivity index (χ2n) is 7.37. The number of piperidine rings is 1. The SMILES string of the molecule is Cc1[nH]c2ccccc2c1C(=O)C(=O)N1CCC[C@@H](C(=O)NC2CC2)C1. The Balaban J connectivity index is 1.51. The van der Waals surface area contributed by atoms with Crippen LogP contribution < -0.4 is 5.32 Å². The number of aromatic nitrogens is 1. The molecule has 2 heterocycles. The number of aryl methyl sites for hydroxylation is 1. The molecule has 26 heavy (non-hydrogen) atoms. The third-order valence-corrected chi connectivity index (χ3v) is 5.32.